The van der Waals surface area contributed by atoms with E-state index in [0.29, 0.717) is 11.1 Å². The second kappa shape index (κ2) is 6.38. The molecule has 1 N–H and O–H groups in total. The number of pyridine rings is 1. The smallest absolute Gasteiger partial charge is 0.377 e. The number of rotatable bonds is 5. The Morgan fingerprint density at radius 1 is 1.44 bits per heavy atom. The average molecular weight is 327 g/mol. The topological polar surface area (TPSA) is 34.1 Å². The highest BCUT2D eigenvalue weighted by molar-refractivity contribution is 9.10. The van der Waals surface area contributed by atoms with E-state index in [-0.39, 0.29) is 18.5 Å². The zero-order chi connectivity index (χ0) is 13.8. The summed E-state index contributed by atoms with van der Waals surface area (Å²) < 4.78 is 43.7. The van der Waals surface area contributed by atoms with Gasteiger partial charge in [-0.05, 0) is 35.8 Å². The molecule has 18 heavy (non-hydrogen) atoms. The van der Waals surface area contributed by atoms with Crippen molar-refractivity contribution in [3.05, 3.63) is 22.3 Å². The first-order valence-corrected chi connectivity index (χ1v) is 6.18. The largest absolute Gasteiger partial charge is 0.419 e. The van der Waals surface area contributed by atoms with E-state index in [1.807, 2.05) is 13.8 Å². The second-order valence-corrected chi connectivity index (χ2v) is 4.81. The number of anilines is 1. The number of aromatic nitrogens is 1. The monoisotopic (exact) mass is 326 g/mol. The predicted molar refractivity (Wildman–Crippen MR) is 66.5 cm³/mol. The van der Waals surface area contributed by atoms with Gasteiger partial charge in [-0.1, -0.05) is 0 Å². The van der Waals surface area contributed by atoms with Crippen molar-refractivity contribution >= 4 is 21.7 Å². The Morgan fingerprint density at radius 2 is 2.11 bits per heavy atom. The minimum absolute atomic E-state index is 0.0479. The van der Waals surface area contributed by atoms with Gasteiger partial charge in [0.15, 0.2) is 0 Å². The summed E-state index contributed by atoms with van der Waals surface area (Å²) in [6.07, 6.45) is -3.06. The summed E-state index contributed by atoms with van der Waals surface area (Å²) in [4.78, 5) is 3.73. The van der Waals surface area contributed by atoms with E-state index in [4.69, 9.17) is 4.74 Å². The summed E-state index contributed by atoms with van der Waals surface area (Å²) in [5, 5.41) is 2.63. The molecule has 102 valence electrons. The maximum atomic E-state index is 12.7. The van der Waals surface area contributed by atoms with Crippen LogP contribution in [0.15, 0.2) is 16.7 Å². The lowest BCUT2D eigenvalue weighted by Gasteiger charge is -2.14. The summed E-state index contributed by atoms with van der Waals surface area (Å²) in [5.74, 6) is -0.182. The molecule has 0 aromatic carbocycles. The lowest BCUT2D eigenvalue weighted by Crippen LogP contribution is -2.17. The van der Waals surface area contributed by atoms with Gasteiger partial charge in [0.2, 0.25) is 0 Å². The molecular weight excluding hydrogens is 313 g/mol. The third-order valence-electron chi connectivity index (χ3n) is 2.01. The van der Waals surface area contributed by atoms with E-state index in [1.165, 1.54) is 6.20 Å². The third kappa shape index (κ3) is 4.81. The zero-order valence-corrected chi connectivity index (χ0v) is 11.6. The number of ether oxygens (including phenoxy) is 1. The molecule has 7 heteroatoms. The zero-order valence-electron chi connectivity index (χ0n) is 10.0. The van der Waals surface area contributed by atoms with Crippen LogP contribution in [0.3, 0.4) is 0 Å². The van der Waals surface area contributed by atoms with Crippen LogP contribution in [0, 0.1) is 0 Å². The first-order chi connectivity index (χ1) is 8.30. The molecular formula is C11H14BrF3N2O. The molecule has 1 aromatic heterocycles. The first-order valence-electron chi connectivity index (χ1n) is 5.39. The standard InChI is InChI=1S/C11H14BrF3N2O/c1-7(2)18-4-3-16-10-9(11(13,14)15)5-8(12)6-17-10/h5-7H,3-4H2,1-2H3,(H,16,17). The van der Waals surface area contributed by atoms with Gasteiger partial charge < -0.3 is 10.1 Å². The highest BCUT2D eigenvalue weighted by Crippen LogP contribution is 2.35. The molecule has 0 saturated heterocycles. The average Bonchev–Trinajstić information content (AvgIpc) is 2.24. The van der Waals surface area contributed by atoms with Crippen LogP contribution in [0.1, 0.15) is 19.4 Å². The quantitative estimate of drug-likeness (QED) is 0.838. The molecule has 0 unspecified atom stereocenters. The Kier molecular flexibility index (Phi) is 5.40. The Hall–Kier alpha value is -0.820. The minimum Gasteiger partial charge on any atom is -0.377 e. The number of alkyl halides is 3. The molecule has 0 aliphatic rings. The molecule has 1 aromatic rings. The van der Waals surface area contributed by atoms with Crippen LogP contribution < -0.4 is 5.32 Å². The van der Waals surface area contributed by atoms with Gasteiger partial charge >= 0.3 is 6.18 Å². The second-order valence-electron chi connectivity index (χ2n) is 3.89. The summed E-state index contributed by atoms with van der Waals surface area (Å²) in [5.41, 5.74) is -0.790. The number of hydrogen-bond acceptors (Lipinski definition) is 3. The van der Waals surface area contributed by atoms with Crippen LogP contribution in [0.4, 0.5) is 19.0 Å². The van der Waals surface area contributed by atoms with Gasteiger partial charge in [0, 0.05) is 17.2 Å². The molecule has 0 atom stereocenters. The van der Waals surface area contributed by atoms with E-state index >= 15 is 0 Å². The van der Waals surface area contributed by atoms with Crippen LogP contribution in [0.5, 0.6) is 0 Å². The van der Waals surface area contributed by atoms with E-state index < -0.39 is 11.7 Å². The van der Waals surface area contributed by atoms with Crippen LogP contribution >= 0.6 is 15.9 Å². The van der Waals surface area contributed by atoms with Crippen LogP contribution in [0.25, 0.3) is 0 Å². The lowest BCUT2D eigenvalue weighted by molar-refractivity contribution is -0.137. The SMILES string of the molecule is CC(C)OCCNc1ncc(Br)cc1C(F)(F)F. The van der Waals surface area contributed by atoms with Gasteiger partial charge in [0.05, 0.1) is 18.3 Å². The summed E-state index contributed by atoms with van der Waals surface area (Å²) in [6, 6.07) is 0.999. The van der Waals surface area contributed by atoms with Crippen LogP contribution in [0.2, 0.25) is 0 Å². The number of nitrogens with zero attached hydrogens (tertiary/aromatic N) is 1. The lowest BCUT2D eigenvalue weighted by atomic mass is 10.2. The Bertz CT molecular complexity index is 396. The third-order valence-corrected chi connectivity index (χ3v) is 2.44. The summed E-state index contributed by atoms with van der Waals surface area (Å²) in [7, 11) is 0. The van der Waals surface area contributed by atoms with Gasteiger partial charge in [-0.3, -0.25) is 0 Å². The van der Waals surface area contributed by atoms with E-state index in [9.17, 15) is 13.2 Å². The van der Waals surface area contributed by atoms with Crippen molar-refractivity contribution in [3.8, 4) is 0 Å². The normalized spacial score (nSPS) is 11.9. The first kappa shape index (κ1) is 15.2. The van der Waals surface area contributed by atoms with Crippen molar-refractivity contribution in [2.24, 2.45) is 0 Å². The fraction of sp³-hybridized carbons (Fsp3) is 0.545. The fourth-order valence-corrected chi connectivity index (χ4v) is 1.59. The summed E-state index contributed by atoms with van der Waals surface area (Å²) >= 11 is 2.97. The van der Waals surface area contributed by atoms with Crippen LogP contribution in [-0.4, -0.2) is 24.2 Å². The molecule has 0 spiro atoms. The molecule has 1 rings (SSSR count). The highest BCUT2D eigenvalue weighted by Gasteiger charge is 2.34. The van der Waals surface area contributed by atoms with E-state index in [1.54, 1.807) is 0 Å². The molecule has 3 nitrogen and oxygen atoms in total. The molecule has 0 amide bonds. The Labute approximate surface area is 112 Å². The van der Waals surface area contributed by atoms with Crippen molar-refractivity contribution in [3.63, 3.8) is 0 Å². The van der Waals surface area contributed by atoms with Gasteiger partial charge in [-0.2, -0.15) is 13.2 Å². The van der Waals surface area contributed by atoms with Gasteiger partial charge in [0.25, 0.3) is 0 Å². The minimum atomic E-state index is -4.43. The number of halogens is 4. The molecule has 1 heterocycles. The highest BCUT2D eigenvalue weighted by atomic mass is 79.9. The molecule has 0 bridgehead atoms. The van der Waals surface area contributed by atoms with Crippen molar-refractivity contribution < 1.29 is 17.9 Å². The molecule has 0 saturated carbocycles. The maximum Gasteiger partial charge on any atom is 0.419 e. The summed E-state index contributed by atoms with van der Waals surface area (Å²) in [6.45, 7) is 4.32. The van der Waals surface area contributed by atoms with E-state index in [0.717, 1.165) is 6.07 Å². The fourth-order valence-electron chi connectivity index (χ4n) is 1.26. The molecule has 0 fully saturated rings. The van der Waals surface area contributed by atoms with Crippen molar-refractivity contribution in [1.82, 2.24) is 4.98 Å². The molecule has 0 aliphatic heterocycles. The number of nitrogens with one attached hydrogen (secondary N) is 1. The molecule has 0 radical (unpaired) electrons. The number of hydrogen-bond donors (Lipinski definition) is 1. The van der Waals surface area contributed by atoms with Gasteiger partial charge in [-0.25, -0.2) is 4.98 Å². The predicted octanol–water partition coefficient (Wildman–Crippen LogP) is 3.70. The van der Waals surface area contributed by atoms with Crippen molar-refractivity contribution in [2.75, 3.05) is 18.5 Å². The van der Waals surface area contributed by atoms with Gasteiger partial charge in [-0.15, -0.1) is 0 Å². The van der Waals surface area contributed by atoms with Crippen molar-refractivity contribution in [1.29, 1.82) is 0 Å². The van der Waals surface area contributed by atoms with E-state index in [2.05, 4.69) is 26.2 Å². The van der Waals surface area contributed by atoms with Crippen LogP contribution in [-0.2, 0) is 10.9 Å². The Balaban J connectivity index is 2.70. The van der Waals surface area contributed by atoms with Crippen molar-refractivity contribution in [2.45, 2.75) is 26.1 Å². The maximum absolute atomic E-state index is 12.7. The molecule has 0 aliphatic carbocycles. The van der Waals surface area contributed by atoms with Gasteiger partial charge in [0.1, 0.15) is 5.82 Å². The Morgan fingerprint density at radius 3 is 2.67 bits per heavy atom.